The van der Waals surface area contributed by atoms with Crippen LogP contribution in [0.25, 0.3) is 11.1 Å². The van der Waals surface area contributed by atoms with E-state index in [9.17, 15) is 23.2 Å². The van der Waals surface area contributed by atoms with Gasteiger partial charge in [-0.2, -0.15) is 0 Å². The molecule has 2 atom stereocenters. The fourth-order valence-corrected chi connectivity index (χ4v) is 5.99. The van der Waals surface area contributed by atoms with Gasteiger partial charge in [-0.25, -0.2) is 18.5 Å². The van der Waals surface area contributed by atoms with Gasteiger partial charge in [0.15, 0.2) is 0 Å². The van der Waals surface area contributed by atoms with Gasteiger partial charge in [0, 0.05) is 45.7 Å². The molecule has 10 heteroatoms. The number of hydrogen-bond acceptors (Lipinski definition) is 6. The summed E-state index contributed by atoms with van der Waals surface area (Å²) in [6, 6.07) is 12.3. The SMILES string of the molecule is O=C(NCc1ccc(-c2ccc(C3CC3)c(F)c2)cc1)C1CC(F)CN1CCOC(=O)N1CCN(CC2CC2)CC1=O. The van der Waals surface area contributed by atoms with Gasteiger partial charge in [0.2, 0.25) is 11.8 Å². The summed E-state index contributed by atoms with van der Waals surface area (Å²) in [5.74, 6) is 0.320. The Morgan fingerprint density at radius 1 is 1.00 bits per heavy atom. The Labute approximate surface area is 245 Å². The maximum Gasteiger partial charge on any atom is 0.416 e. The number of carbonyl (C=O) groups is 3. The molecule has 2 aromatic carbocycles. The molecular formula is C32H38F2N4O4. The van der Waals surface area contributed by atoms with E-state index < -0.39 is 18.3 Å². The Bertz CT molecular complexity index is 1310. The lowest BCUT2D eigenvalue weighted by Gasteiger charge is -2.32. The quantitative estimate of drug-likeness (QED) is 0.456. The van der Waals surface area contributed by atoms with Crippen molar-refractivity contribution in [2.45, 2.75) is 56.8 Å². The lowest BCUT2D eigenvalue weighted by molar-refractivity contribution is -0.134. The summed E-state index contributed by atoms with van der Waals surface area (Å²) in [7, 11) is 0. The molecule has 2 aliphatic heterocycles. The van der Waals surface area contributed by atoms with Crippen molar-refractivity contribution >= 4 is 17.9 Å². The minimum absolute atomic E-state index is 0.0331. The third-order valence-corrected chi connectivity index (χ3v) is 8.76. The van der Waals surface area contributed by atoms with Gasteiger partial charge < -0.3 is 10.1 Å². The fourth-order valence-electron chi connectivity index (χ4n) is 5.99. The molecule has 0 spiro atoms. The van der Waals surface area contributed by atoms with Crippen molar-refractivity contribution in [3.63, 3.8) is 0 Å². The van der Waals surface area contributed by atoms with Gasteiger partial charge in [-0.3, -0.25) is 19.4 Å². The van der Waals surface area contributed by atoms with Crippen molar-refractivity contribution in [1.82, 2.24) is 20.0 Å². The summed E-state index contributed by atoms with van der Waals surface area (Å²) < 4.78 is 34.1. The highest BCUT2D eigenvalue weighted by molar-refractivity contribution is 5.93. The summed E-state index contributed by atoms with van der Waals surface area (Å²) in [6.07, 6.45) is 2.75. The van der Waals surface area contributed by atoms with Crippen LogP contribution in [0.15, 0.2) is 42.5 Å². The van der Waals surface area contributed by atoms with Crippen LogP contribution >= 0.6 is 0 Å². The standard InChI is InChI=1S/C32H38F2N4O4/c33-26-16-29(37(19-26)13-14-42-32(41)38-12-11-36(20-30(38)39)18-22-1-2-22)31(40)35-17-21-3-5-23(6-4-21)25-9-10-27(24-7-8-24)28(34)15-25/h3-6,9-10,15,22,24,26,29H,1-2,7-8,11-14,16-20H2,(H,35,40). The molecule has 2 heterocycles. The van der Waals surface area contributed by atoms with E-state index in [1.807, 2.05) is 36.4 Å². The maximum absolute atomic E-state index is 14.5. The molecule has 4 aliphatic rings. The van der Waals surface area contributed by atoms with Crippen molar-refractivity contribution < 1.29 is 27.9 Å². The van der Waals surface area contributed by atoms with Gasteiger partial charge in [-0.1, -0.05) is 36.4 Å². The lowest BCUT2D eigenvalue weighted by Crippen LogP contribution is -2.53. The van der Waals surface area contributed by atoms with E-state index >= 15 is 0 Å². The topological polar surface area (TPSA) is 82.2 Å². The van der Waals surface area contributed by atoms with Crippen molar-refractivity contribution in [3.05, 3.63) is 59.4 Å². The third-order valence-electron chi connectivity index (χ3n) is 8.76. The van der Waals surface area contributed by atoms with E-state index in [-0.39, 0.29) is 56.8 Å². The molecule has 8 nitrogen and oxygen atoms in total. The van der Waals surface area contributed by atoms with E-state index in [0.717, 1.165) is 46.5 Å². The van der Waals surface area contributed by atoms with Crippen LogP contribution in [0.1, 0.15) is 49.1 Å². The molecule has 6 rings (SSSR count). The van der Waals surface area contributed by atoms with Crippen LogP contribution in [0.4, 0.5) is 13.6 Å². The Balaban J connectivity index is 0.953. The minimum Gasteiger partial charge on any atom is -0.448 e. The number of benzene rings is 2. The van der Waals surface area contributed by atoms with Gasteiger partial charge >= 0.3 is 6.09 Å². The van der Waals surface area contributed by atoms with E-state index in [4.69, 9.17) is 4.74 Å². The van der Waals surface area contributed by atoms with Crippen LogP contribution in [0, 0.1) is 11.7 Å². The molecular weight excluding hydrogens is 542 g/mol. The molecule has 2 aromatic rings. The molecule has 2 unspecified atom stereocenters. The zero-order valence-corrected chi connectivity index (χ0v) is 23.8. The minimum atomic E-state index is -1.15. The van der Waals surface area contributed by atoms with Gasteiger partial charge in [-0.05, 0) is 65.8 Å². The van der Waals surface area contributed by atoms with Gasteiger partial charge in [0.05, 0.1) is 12.6 Å². The van der Waals surface area contributed by atoms with Crippen LogP contribution in [0.5, 0.6) is 0 Å². The number of hydrogen-bond donors (Lipinski definition) is 1. The van der Waals surface area contributed by atoms with Crippen LogP contribution < -0.4 is 5.32 Å². The number of halogens is 2. The second-order valence-electron chi connectivity index (χ2n) is 12.1. The average molecular weight is 581 g/mol. The number of alkyl halides is 1. The van der Waals surface area contributed by atoms with Crippen LogP contribution in [-0.4, -0.2) is 90.7 Å². The number of amides is 3. The zero-order valence-electron chi connectivity index (χ0n) is 23.8. The molecule has 2 saturated heterocycles. The number of ether oxygens (including phenoxy) is 1. The number of imide groups is 1. The van der Waals surface area contributed by atoms with Crippen molar-refractivity contribution in [2.24, 2.45) is 5.92 Å². The van der Waals surface area contributed by atoms with E-state index in [0.29, 0.717) is 24.9 Å². The highest BCUT2D eigenvalue weighted by Gasteiger charge is 2.37. The Kier molecular flexibility index (Phi) is 8.53. The summed E-state index contributed by atoms with van der Waals surface area (Å²) in [4.78, 5) is 42.8. The van der Waals surface area contributed by atoms with Crippen LogP contribution in [0.2, 0.25) is 0 Å². The largest absolute Gasteiger partial charge is 0.448 e. The first kappa shape index (κ1) is 28.7. The molecule has 2 saturated carbocycles. The average Bonchev–Trinajstić information content (AvgIpc) is 3.91. The van der Waals surface area contributed by atoms with Crippen molar-refractivity contribution in [3.8, 4) is 11.1 Å². The maximum atomic E-state index is 14.5. The smallest absolute Gasteiger partial charge is 0.416 e. The van der Waals surface area contributed by atoms with Gasteiger partial charge in [0.1, 0.15) is 18.6 Å². The summed E-state index contributed by atoms with van der Waals surface area (Å²) in [5, 5.41) is 2.89. The highest BCUT2D eigenvalue weighted by Crippen LogP contribution is 2.42. The number of piperazine rings is 1. The number of carbonyl (C=O) groups excluding carboxylic acids is 3. The number of nitrogens with zero attached hydrogens (tertiary/aromatic N) is 3. The van der Waals surface area contributed by atoms with Gasteiger partial charge in [0.25, 0.3) is 0 Å². The molecule has 42 heavy (non-hydrogen) atoms. The predicted octanol–water partition coefficient (Wildman–Crippen LogP) is 4.09. The first-order chi connectivity index (χ1) is 20.3. The number of likely N-dealkylation sites (tertiary alicyclic amines) is 1. The molecule has 2 aliphatic carbocycles. The first-order valence-corrected chi connectivity index (χ1v) is 15.1. The van der Waals surface area contributed by atoms with E-state index in [2.05, 4.69) is 10.2 Å². The number of rotatable bonds is 10. The Hall–Kier alpha value is -3.37. The molecule has 1 N–H and O–H groups in total. The fraction of sp³-hybridized carbons (Fsp3) is 0.531. The van der Waals surface area contributed by atoms with E-state index in [1.54, 1.807) is 11.0 Å². The van der Waals surface area contributed by atoms with Crippen molar-refractivity contribution in [1.29, 1.82) is 0 Å². The summed E-state index contributed by atoms with van der Waals surface area (Å²) in [6.45, 7) is 2.59. The molecule has 4 fully saturated rings. The van der Waals surface area contributed by atoms with Gasteiger partial charge in [-0.15, -0.1) is 0 Å². The second kappa shape index (κ2) is 12.5. The normalized spacial score (nSPS) is 23.3. The summed E-state index contributed by atoms with van der Waals surface area (Å²) >= 11 is 0. The Morgan fingerprint density at radius 3 is 2.45 bits per heavy atom. The molecule has 0 bridgehead atoms. The lowest BCUT2D eigenvalue weighted by atomic mass is 10.0. The van der Waals surface area contributed by atoms with E-state index in [1.165, 1.54) is 12.8 Å². The molecule has 224 valence electrons. The molecule has 0 aromatic heterocycles. The highest BCUT2D eigenvalue weighted by atomic mass is 19.1. The number of nitrogens with one attached hydrogen (secondary N) is 1. The zero-order chi connectivity index (χ0) is 29.2. The monoisotopic (exact) mass is 580 g/mol. The van der Waals surface area contributed by atoms with Crippen LogP contribution in [-0.2, 0) is 20.9 Å². The molecule has 0 radical (unpaired) electrons. The predicted molar refractivity (Wildman–Crippen MR) is 153 cm³/mol. The second-order valence-corrected chi connectivity index (χ2v) is 12.1. The third kappa shape index (κ3) is 6.98. The summed E-state index contributed by atoms with van der Waals surface area (Å²) in [5.41, 5.74) is 3.37. The molecule has 3 amide bonds. The Morgan fingerprint density at radius 2 is 1.76 bits per heavy atom. The first-order valence-electron chi connectivity index (χ1n) is 15.1. The van der Waals surface area contributed by atoms with Crippen molar-refractivity contribution in [2.75, 3.05) is 45.9 Å². The van der Waals surface area contributed by atoms with Crippen LogP contribution in [0.3, 0.4) is 0 Å².